The first-order valence-corrected chi connectivity index (χ1v) is 6.74. The van der Waals surface area contributed by atoms with E-state index < -0.39 is 6.10 Å². The van der Waals surface area contributed by atoms with Gasteiger partial charge in [0.2, 0.25) is 0 Å². The van der Waals surface area contributed by atoms with Crippen LogP contribution in [0.2, 0.25) is 0 Å². The zero-order chi connectivity index (χ0) is 15.7. The quantitative estimate of drug-likeness (QED) is 0.432. The summed E-state index contributed by atoms with van der Waals surface area (Å²) in [6.07, 6.45) is -0.405. The van der Waals surface area contributed by atoms with E-state index in [1.807, 2.05) is 6.92 Å². The Labute approximate surface area is 124 Å². The number of hydrogen-bond donors (Lipinski definition) is 1. The number of aryl methyl sites for hydroxylation is 1. The van der Waals surface area contributed by atoms with Crippen molar-refractivity contribution in [1.82, 2.24) is 5.01 Å². The first kappa shape index (κ1) is 16.9. The lowest BCUT2D eigenvalue weighted by atomic mass is 10.2. The zero-order valence-corrected chi connectivity index (χ0v) is 12.5. The van der Waals surface area contributed by atoms with E-state index in [0.717, 1.165) is 0 Å². The molecule has 1 aromatic rings. The Morgan fingerprint density at radius 2 is 2.29 bits per heavy atom. The summed E-state index contributed by atoms with van der Waals surface area (Å²) in [6, 6.07) is 4.88. The standard InChI is InChI=1S/C14H21FN4O2/c1-4-19(18-16-3)9-13(21-10-20)8-17-12-6-5-11(2)14(15)7-12/h5-7,10,13,17H,4,8-9H2,1-3H3. The van der Waals surface area contributed by atoms with Crippen molar-refractivity contribution in [2.24, 2.45) is 10.3 Å². The summed E-state index contributed by atoms with van der Waals surface area (Å²) in [5, 5.41) is 12.3. The molecule has 1 N–H and O–H groups in total. The number of nitrogens with zero attached hydrogens (tertiary/aromatic N) is 3. The molecule has 7 heteroatoms. The summed E-state index contributed by atoms with van der Waals surface area (Å²) in [4.78, 5) is 10.6. The van der Waals surface area contributed by atoms with Crippen LogP contribution in [-0.4, -0.2) is 44.3 Å². The third-order valence-corrected chi connectivity index (χ3v) is 2.95. The van der Waals surface area contributed by atoms with E-state index in [1.54, 1.807) is 31.1 Å². The number of hydrogen-bond acceptors (Lipinski definition) is 5. The van der Waals surface area contributed by atoms with Gasteiger partial charge in [0.15, 0.2) is 0 Å². The fraction of sp³-hybridized carbons (Fsp3) is 0.500. The van der Waals surface area contributed by atoms with Crippen molar-refractivity contribution in [1.29, 1.82) is 0 Å². The fourth-order valence-electron chi connectivity index (χ4n) is 1.76. The van der Waals surface area contributed by atoms with Crippen molar-refractivity contribution in [3.63, 3.8) is 0 Å². The van der Waals surface area contributed by atoms with Gasteiger partial charge in [-0.05, 0) is 31.5 Å². The predicted molar refractivity (Wildman–Crippen MR) is 78.6 cm³/mol. The van der Waals surface area contributed by atoms with Crippen LogP contribution in [0.1, 0.15) is 12.5 Å². The highest BCUT2D eigenvalue weighted by atomic mass is 19.1. The van der Waals surface area contributed by atoms with Gasteiger partial charge in [-0.15, -0.1) is 0 Å². The van der Waals surface area contributed by atoms with Gasteiger partial charge in [-0.2, -0.15) is 5.11 Å². The number of halogens is 1. The summed E-state index contributed by atoms with van der Waals surface area (Å²) < 4.78 is 18.5. The van der Waals surface area contributed by atoms with Crippen LogP contribution in [0, 0.1) is 12.7 Å². The van der Waals surface area contributed by atoms with E-state index in [2.05, 4.69) is 15.7 Å². The van der Waals surface area contributed by atoms with Gasteiger partial charge in [-0.3, -0.25) is 9.80 Å². The third kappa shape index (κ3) is 5.76. The summed E-state index contributed by atoms with van der Waals surface area (Å²) >= 11 is 0. The number of carbonyl (C=O) groups is 1. The molecule has 1 aromatic carbocycles. The van der Waals surface area contributed by atoms with Crippen LogP contribution in [0.15, 0.2) is 28.5 Å². The Morgan fingerprint density at radius 3 is 2.86 bits per heavy atom. The van der Waals surface area contributed by atoms with Crippen LogP contribution >= 0.6 is 0 Å². The van der Waals surface area contributed by atoms with E-state index in [0.29, 0.717) is 37.4 Å². The molecule has 0 fully saturated rings. The summed E-state index contributed by atoms with van der Waals surface area (Å²) in [6.45, 7) is 5.45. The summed E-state index contributed by atoms with van der Waals surface area (Å²) in [5.41, 5.74) is 1.22. The Kier molecular flexibility index (Phi) is 7.14. The molecule has 0 spiro atoms. The van der Waals surface area contributed by atoms with Gasteiger partial charge in [0.1, 0.15) is 11.9 Å². The second kappa shape index (κ2) is 8.89. The van der Waals surface area contributed by atoms with Crippen LogP contribution in [0.4, 0.5) is 10.1 Å². The molecule has 1 unspecified atom stereocenters. The molecule has 1 rings (SSSR count). The lowest BCUT2D eigenvalue weighted by Crippen LogP contribution is -2.35. The van der Waals surface area contributed by atoms with E-state index in [4.69, 9.17) is 4.74 Å². The van der Waals surface area contributed by atoms with Gasteiger partial charge < -0.3 is 10.1 Å². The first-order chi connectivity index (χ1) is 10.1. The molecule has 1 atom stereocenters. The number of anilines is 1. The smallest absolute Gasteiger partial charge is 0.293 e. The van der Waals surface area contributed by atoms with E-state index in [-0.39, 0.29) is 5.82 Å². The lowest BCUT2D eigenvalue weighted by molar-refractivity contribution is -0.133. The minimum Gasteiger partial charge on any atom is -0.461 e. The van der Waals surface area contributed by atoms with Crippen molar-refractivity contribution < 1.29 is 13.9 Å². The first-order valence-electron chi connectivity index (χ1n) is 6.74. The maximum atomic E-state index is 13.5. The number of likely N-dealkylation sites (N-methyl/N-ethyl adjacent to an activating group) is 1. The third-order valence-electron chi connectivity index (χ3n) is 2.95. The fourth-order valence-corrected chi connectivity index (χ4v) is 1.76. The normalized spacial score (nSPS) is 12.2. The van der Waals surface area contributed by atoms with Gasteiger partial charge in [-0.1, -0.05) is 11.3 Å². The second-order valence-electron chi connectivity index (χ2n) is 4.49. The minimum atomic E-state index is -0.405. The van der Waals surface area contributed by atoms with E-state index >= 15 is 0 Å². The molecule has 116 valence electrons. The average molecular weight is 296 g/mol. The molecule has 6 nitrogen and oxygen atoms in total. The molecule has 0 amide bonds. The molecule has 0 aliphatic rings. The maximum absolute atomic E-state index is 13.5. The molecular formula is C14H21FN4O2. The Bertz CT molecular complexity index is 482. The van der Waals surface area contributed by atoms with Crippen LogP contribution in [0.3, 0.4) is 0 Å². The molecule has 21 heavy (non-hydrogen) atoms. The Hall–Kier alpha value is -2.18. The van der Waals surface area contributed by atoms with Crippen LogP contribution in [0.5, 0.6) is 0 Å². The van der Waals surface area contributed by atoms with Crippen LogP contribution < -0.4 is 5.32 Å². The molecule has 0 aromatic heterocycles. The second-order valence-corrected chi connectivity index (χ2v) is 4.49. The van der Waals surface area contributed by atoms with Crippen molar-refractivity contribution in [3.05, 3.63) is 29.6 Å². The number of rotatable bonds is 9. The average Bonchev–Trinajstić information content (AvgIpc) is 2.47. The number of carbonyl (C=O) groups excluding carboxylic acids is 1. The summed E-state index contributed by atoms with van der Waals surface area (Å²) in [7, 11) is 1.57. The minimum absolute atomic E-state index is 0.275. The van der Waals surface area contributed by atoms with Gasteiger partial charge in [0.05, 0.1) is 20.1 Å². The van der Waals surface area contributed by atoms with Gasteiger partial charge in [0.25, 0.3) is 6.47 Å². The molecule has 0 aliphatic heterocycles. The Morgan fingerprint density at radius 1 is 1.52 bits per heavy atom. The van der Waals surface area contributed by atoms with Crippen LogP contribution in [-0.2, 0) is 9.53 Å². The molecule has 0 saturated carbocycles. The van der Waals surface area contributed by atoms with Crippen molar-refractivity contribution in [2.45, 2.75) is 20.0 Å². The molecular weight excluding hydrogens is 275 g/mol. The maximum Gasteiger partial charge on any atom is 0.293 e. The number of ether oxygens (including phenoxy) is 1. The molecule has 0 saturated heterocycles. The van der Waals surface area contributed by atoms with Crippen molar-refractivity contribution in [3.8, 4) is 0 Å². The van der Waals surface area contributed by atoms with E-state index in [9.17, 15) is 9.18 Å². The highest BCUT2D eigenvalue weighted by molar-refractivity contribution is 5.45. The SMILES string of the molecule is CCN(CC(CNc1ccc(C)c(F)c1)OC=O)N=NC. The highest BCUT2D eigenvalue weighted by Crippen LogP contribution is 2.13. The zero-order valence-electron chi connectivity index (χ0n) is 12.5. The number of nitrogens with one attached hydrogen (secondary N) is 1. The summed E-state index contributed by atoms with van der Waals surface area (Å²) in [5.74, 6) is -0.275. The van der Waals surface area contributed by atoms with Gasteiger partial charge >= 0.3 is 0 Å². The molecule has 0 aliphatic carbocycles. The topological polar surface area (TPSA) is 66.3 Å². The largest absolute Gasteiger partial charge is 0.461 e. The van der Waals surface area contributed by atoms with Gasteiger partial charge in [-0.25, -0.2) is 4.39 Å². The molecule has 0 heterocycles. The van der Waals surface area contributed by atoms with Crippen molar-refractivity contribution in [2.75, 3.05) is 32.0 Å². The molecule has 0 radical (unpaired) electrons. The highest BCUT2D eigenvalue weighted by Gasteiger charge is 2.13. The lowest BCUT2D eigenvalue weighted by Gasteiger charge is -2.22. The van der Waals surface area contributed by atoms with Crippen molar-refractivity contribution >= 4 is 12.2 Å². The monoisotopic (exact) mass is 296 g/mol. The number of benzene rings is 1. The molecule has 0 bridgehead atoms. The van der Waals surface area contributed by atoms with E-state index in [1.165, 1.54) is 6.07 Å². The van der Waals surface area contributed by atoms with Gasteiger partial charge in [0, 0.05) is 12.2 Å². The van der Waals surface area contributed by atoms with Crippen LogP contribution in [0.25, 0.3) is 0 Å². The predicted octanol–water partition coefficient (Wildman–Crippen LogP) is 2.41. The Balaban J connectivity index is 2.61.